The molecule has 1 aliphatic heterocycles. The lowest BCUT2D eigenvalue weighted by molar-refractivity contribution is 0.386. The number of H-pyrrole nitrogens is 1. The van der Waals surface area contributed by atoms with E-state index in [9.17, 15) is 0 Å². The number of nitrogens with one attached hydrogen (secondary N) is 1. The number of piperidine rings is 1. The molecule has 1 atom stereocenters. The van der Waals surface area contributed by atoms with E-state index in [4.69, 9.17) is 9.51 Å². The number of hydrogen-bond acceptors (Lipinski definition) is 5. The van der Waals surface area contributed by atoms with Crippen LogP contribution in [0.25, 0.3) is 11.0 Å². The Bertz CT molecular complexity index is 801. The van der Waals surface area contributed by atoms with Gasteiger partial charge in [-0.15, -0.1) is 0 Å². The Hall–Kier alpha value is -2.37. The van der Waals surface area contributed by atoms with Crippen molar-refractivity contribution < 1.29 is 4.52 Å². The Morgan fingerprint density at radius 2 is 2.00 bits per heavy atom. The van der Waals surface area contributed by atoms with Gasteiger partial charge in [-0.05, 0) is 37.8 Å². The summed E-state index contributed by atoms with van der Waals surface area (Å²) in [5.41, 5.74) is 2.14. The Kier molecular flexibility index (Phi) is 2.89. The minimum atomic E-state index is 0.382. The van der Waals surface area contributed by atoms with Crippen molar-refractivity contribution in [2.45, 2.75) is 37.5 Å². The van der Waals surface area contributed by atoms with Crippen molar-refractivity contribution in [1.82, 2.24) is 20.1 Å². The molecule has 1 aromatic carbocycles. The SMILES string of the molecule is c1ccc2[nH]c([C@H]3CCCN(c4nc(C5CC5)no4)C3)nc2c1. The molecule has 1 saturated heterocycles. The molecule has 118 valence electrons. The van der Waals surface area contributed by atoms with Gasteiger partial charge in [0.25, 0.3) is 0 Å². The average molecular weight is 309 g/mol. The van der Waals surface area contributed by atoms with Crippen molar-refractivity contribution in [2.24, 2.45) is 0 Å². The third-order valence-corrected chi connectivity index (χ3v) is 4.86. The first-order valence-electron chi connectivity index (χ1n) is 8.40. The second kappa shape index (κ2) is 5.08. The van der Waals surface area contributed by atoms with Crippen LogP contribution in [0.3, 0.4) is 0 Å². The molecule has 0 bridgehead atoms. The molecule has 0 radical (unpaired) electrons. The first kappa shape index (κ1) is 13.1. The van der Waals surface area contributed by atoms with Gasteiger partial charge in [-0.3, -0.25) is 0 Å². The average Bonchev–Trinajstić information content (AvgIpc) is 3.17. The molecule has 6 nitrogen and oxygen atoms in total. The molecule has 23 heavy (non-hydrogen) atoms. The second-order valence-electron chi connectivity index (χ2n) is 6.63. The number of aromatic nitrogens is 4. The van der Waals surface area contributed by atoms with E-state index in [0.29, 0.717) is 17.9 Å². The molecule has 6 heteroatoms. The van der Waals surface area contributed by atoms with E-state index in [1.807, 2.05) is 12.1 Å². The lowest BCUT2D eigenvalue weighted by Crippen LogP contribution is -2.35. The highest BCUT2D eigenvalue weighted by molar-refractivity contribution is 5.74. The lowest BCUT2D eigenvalue weighted by Gasteiger charge is -2.30. The zero-order chi connectivity index (χ0) is 15.2. The van der Waals surface area contributed by atoms with Crippen LogP contribution in [0.1, 0.15) is 49.2 Å². The summed E-state index contributed by atoms with van der Waals surface area (Å²) in [6, 6.07) is 8.86. The van der Waals surface area contributed by atoms with Gasteiger partial charge < -0.3 is 14.4 Å². The van der Waals surface area contributed by atoms with Gasteiger partial charge in [0.05, 0.1) is 11.0 Å². The maximum Gasteiger partial charge on any atom is 0.324 e. The zero-order valence-corrected chi connectivity index (χ0v) is 12.9. The van der Waals surface area contributed by atoms with Crippen LogP contribution in [0.15, 0.2) is 28.8 Å². The van der Waals surface area contributed by atoms with Gasteiger partial charge in [-0.2, -0.15) is 4.98 Å². The summed E-state index contributed by atoms with van der Waals surface area (Å²) in [4.78, 5) is 15.0. The van der Waals surface area contributed by atoms with Crippen molar-refractivity contribution in [3.05, 3.63) is 35.9 Å². The van der Waals surface area contributed by atoms with E-state index in [-0.39, 0.29) is 0 Å². The minimum Gasteiger partial charge on any atom is -0.342 e. The summed E-state index contributed by atoms with van der Waals surface area (Å²) in [5.74, 6) is 2.86. The Morgan fingerprint density at radius 1 is 1.09 bits per heavy atom. The van der Waals surface area contributed by atoms with Crippen LogP contribution >= 0.6 is 0 Å². The fourth-order valence-electron chi connectivity index (χ4n) is 3.40. The second-order valence-corrected chi connectivity index (χ2v) is 6.63. The third-order valence-electron chi connectivity index (χ3n) is 4.86. The topological polar surface area (TPSA) is 70.8 Å². The first-order valence-corrected chi connectivity index (χ1v) is 8.40. The highest BCUT2D eigenvalue weighted by atomic mass is 16.5. The van der Waals surface area contributed by atoms with Crippen LogP contribution in [-0.2, 0) is 0 Å². The number of imidazole rings is 1. The molecule has 3 heterocycles. The Balaban J connectivity index is 1.38. The summed E-state index contributed by atoms with van der Waals surface area (Å²) in [6.45, 7) is 1.86. The van der Waals surface area contributed by atoms with E-state index in [2.05, 4.69) is 32.2 Å². The highest BCUT2D eigenvalue weighted by Crippen LogP contribution is 2.39. The van der Waals surface area contributed by atoms with Gasteiger partial charge in [0.1, 0.15) is 5.82 Å². The predicted octanol–water partition coefficient (Wildman–Crippen LogP) is 3.21. The summed E-state index contributed by atoms with van der Waals surface area (Å²) >= 11 is 0. The monoisotopic (exact) mass is 309 g/mol. The molecule has 5 rings (SSSR count). The molecule has 0 spiro atoms. The lowest BCUT2D eigenvalue weighted by atomic mass is 9.98. The summed E-state index contributed by atoms with van der Waals surface area (Å²) in [6.07, 6.45) is 4.64. The van der Waals surface area contributed by atoms with E-state index in [0.717, 1.165) is 48.6 Å². The summed E-state index contributed by atoms with van der Waals surface area (Å²) in [7, 11) is 0. The first-order chi connectivity index (χ1) is 11.4. The third kappa shape index (κ3) is 2.38. The van der Waals surface area contributed by atoms with Gasteiger partial charge >= 0.3 is 6.01 Å². The molecule has 2 fully saturated rings. The molecular weight excluding hydrogens is 290 g/mol. The van der Waals surface area contributed by atoms with Crippen molar-refractivity contribution in [2.75, 3.05) is 18.0 Å². The summed E-state index contributed by atoms with van der Waals surface area (Å²) < 4.78 is 5.48. The fraction of sp³-hybridized carbons (Fsp3) is 0.471. The number of rotatable bonds is 3. The van der Waals surface area contributed by atoms with E-state index >= 15 is 0 Å². The van der Waals surface area contributed by atoms with Crippen LogP contribution in [0.2, 0.25) is 0 Å². The molecule has 0 unspecified atom stereocenters. The normalized spacial score (nSPS) is 21.9. The molecule has 3 aromatic rings. The highest BCUT2D eigenvalue weighted by Gasteiger charge is 2.31. The van der Waals surface area contributed by atoms with Crippen LogP contribution in [-0.4, -0.2) is 33.2 Å². The maximum atomic E-state index is 5.48. The minimum absolute atomic E-state index is 0.382. The van der Waals surface area contributed by atoms with E-state index < -0.39 is 0 Å². The number of nitrogens with zero attached hydrogens (tertiary/aromatic N) is 4. The molecule has 0 amide bonds. The number of para-hydroxylation sites is 2. The largest absolute Gasteiger partial charge is 0.342 e. The van der Waals surface area contributed by atoms with Crippen molar-refractivity contribution in [1.29, 1.82) is 0 Å². The molecule has 2 aromatic heterocycles. The van der Waals surface area contributed by atoms with Crippen molar-refractivity contribution >= 4 is 17.0 Å². The number of fused-ring (bicyclic) bond motifs is 1. The number of hydrogen-bond donors (Lipinski definition) is 1. The summed E-state index contributed by atoms with van der Waals surface area (Å²) in [5, 5.41) is 4.13. The predicted molar refractivity (Wildman–Crippen MR) is 86.6 cm³/mol. The van der Waals surface area contributed by atoms with Gasteiger partial charge in [-0.25, -0.2) is 4.98 Å². The van der Waals surface area contributed by atoms with Crippen LogP contribution in [0, 0.1) is 0 Å². The zero-order valence-electron chi connectivity index (χ0n) is 12.9. The maximum absolute atomic E-state index is 5.48. The van der Waals surface area contributed by atoms with Gasteiger partial charge in [0.15, 0.2) is 5.82 Å². The van der Waals surface area contributed by atoms with Gasteiger partial charge in [0, 0.05) is 24.9 Å². The smallest absolute Gasteiger partial charge is 0.324 e. The molecule has 1 saturated carbocycles. The molecular formula is C17H19N5O. The van der Waals surface area contributed by atoms with E-state index in [1.54, 1.807) is 0 Å². The standard InChI is InChI=1S/C17H19N5O/c1-2-6-14-13(5-1)18-15(19-14)12-4-3-9-22(10-12)17-20-16(21-23-17)11-7-8-11/h1-2,5-6,11-12H,3-4,7-10H2,(H,18,19)/t12-/m0/s1. The Labute approximate surface area is 133 Å². The van der Waals surface area contributed by atoms with E-state index in [1.165, 1.54) is 12.8 Å². The number of aromatic amines is 1. The molecule has 2 aliphatic rings. The number of benzene rings is 1. The van der Waals surface area contributed by atoms with Crippen LogP contribution < -0.4 is 4.90 Å². The van der Waals surface area contributed by atoms with Crippen LogP contribution in [0.5, 0.6) is 0 Å². The fourth-order valence-corrected chi connectivity index (χ4v) is 3.40. The van der Waals surface area contributed by atoms with Gasteiger partial charge in [-0.1, -0.05) is 17.3 Å². The van der Waals surface area contributed by atoms with Crippen molar-refractivity contribution in [3.8, 4) is 0 Å². The Morgan fingerprint density at radius 3 is 2.87 bits per heavy atom. The van der Waals surface area contributed by atoms with Crippen LogP contribution in [0.4, 0.5) is 6.01 Å². The quantitative estimate of drug-likeness (QED) is 0.804. The van der Waals surface area contributed by atoms with Gasteiger partial charge in [0.2, 0.25) is 0 Å². The van der Waals surface area contributed by atoms with Crippen molar-refractivity contribution in [3.63, 3.8) is 0 Å². The number of anilines is 1. The molecule has 1 aliphatic carbocycles. The molecule has 1 N–H and O–H groups in total.